The number of carbonyl (C=O) groups excluding carboxylic acids is 2. The van der Waals surface area contributed by atoms with Crippen molar-refractivity contribution in [1.29, 1.82) is 0 Å². The maximum Gasteiger partial charge on any atom is 0.321 e. The van der Waals surface area contributed by atoms with E-state index in [9.17, 15) is 14.0 Å². The van der Waals surface area contributed by atoms with Crippen molar-refractivity contribution in [2.45, 2.75) is 31.5 Å². The van der Waals surface area contributed by atoms with Crippen molar-refractivity contribution in [3.05, 3.63) is 30.1 Å². The number of hydrogen-bond donors (Lipinski definition) is 2. The third-order valence-corrected chi connectivity index (χ3v) is 3.40. The third kappa shape index (κ3) is 5.34. The Morgan fingerprint density at radius 3 is 2.62 bits per heavy atom. The van der Waals surface area contributed by atoms with Gasteiger partial charge in [-0.3, -0.25) is 10.1 Å². The Labute approximate surface area is 142 Å². The molecule has 2 aromatic rings. The highest BCUT2D eigenvalue weighted by Crippen LogP contribution is 2.24. The Morgan fingerprint density at radius 2 is 1.96 bits per heavy atom. The van der Waals surface area contributed by atoms with E-state index in [0.29, 0.717) is 0 Å². The van der Waals surface area contributed by atoms with Crippen molar-refractivity contribution < 1.29 is 18.4 Å². The standard InChI is InChI=1S/C15H17FN4O3S/c1-15(2,3)18-13(22)17-11(21)8-24-14-20-19-12(23-14)9-6-4-5-7-10(9)16/h4-7H,8H2,1-3H3,(H2,17,18,21,22). The summed E-state index contributed by atoms with van der Waals surface area (Å²) in [5.74, 6) is -1.04. The number of halogens is 1. The summed E-state index contributed by atoms with van der Waals surface area (Å²) >= 11 is 0.955. The Kier molecular flexibility index (Phi) is 5.55. The molecule has 0 bridgehead atoms. The predicted molar refractivity (Wildman–Crippen MR) is 86.8 cm³/mol. The van der Waals surface area contributed by atoms with Crippen molar-refractivity contribution in [3.63, 3.8) is 0 Å². The Hall–Kier alpha value is -2.42. The van der Waals surface area contributed by atoms with Gasteiger partial charge < -0.3 is 9.73 Å². The molecule has 0 radical (unpaired) electrons. The fourth-order valence-corrected chi connectivity index (χ4v) is 2.24. The van der Waals surface area contributed by atoms with E-state index in [2.05, 4.69) is 20.8 Å². The SMILES string of the molecule is CC(C)(C)NC(=O)NC(=O)CSc1nnc(-c2ccccc2F)o1. The molecule has 1 aromatic heterocycles. The first kappa shape index (κ1) is 17.9. The summed E-state index contributed by atoms with van der Waals surface area (Å²) in [4.78, 5) is 23.3. The second kappa shape index (κ2) is 7.43. The van der Waals surface area contributed by atoms with Crippen LogP contribution in [0.15, 0.2) is 33.9 Å². The maximum absolute atomic E-state index is 13.6. The van der Waals surface area contributed by atoms with Gasteiger partial charge >= 0.3 is 6.03 Å². The van der Waals surface area contributed by atoms with Crippen LogP contribution in [0.2, 0.25) is 0 Å². The number of benzene rings is 1. The number of urea groups is 1. The number of rotatable bonds is 4. The molecule has 0 aliphatic heterocycles. The lowest BCUT2D eigenvalue weighted by molar-refractivity contribution is -0.117. The number of nitrogens with one attached hydrogen (secondary N) is 2. The summed E-state index contributed by atoms with van der Waals surface area (Å²) in [6.07, 6.45) is 0. The van der Waals surface area contributed by atoms with Crippen LogP contribution >= 0.6 is 11.8 Å². The van der Waals surface area contributed by atoms with Crippen LogP contribution in [0.1, 0.15) is 20.8 Å². The van der Waals surface area contributed by atoms with Crippen LogP contribution in [-0.2, 0) is 4.79 Å². The van der Waals surface area contributed by atoms with Crippen LogP contribution in [0.25, 0.3) is 11.5 Å². The van der Waals surface area contributed by atoms with E-state index in [1.54, 1.807) is 32.9 Å². The predicted octanol–water partition coefficient (Wildman–Crippen LogP) is 2.59. The van der Waals surface area contributed by atoms with E-state index in [4.69, 9.17) is 4.42 Å². The van der Waals surface area contributed by atoms with E-state index in [1.165, 1.54) is 12.1 Å². The molecule has 24 heavy (non-hydrogen) atoms. The van der Waals surface area contributed by atoms with Crippen molar-refractivity contribution in [3.8, 4) is 11.5 Å². The zero-order valence-electron chi connectivity index (χ0n) is 13.4. The molecule has 9 heteroatoms. The lowest BCUT2D eigenvalue weighted by atomic mass is 10.1. The van der Waals surface area contributed by atoms with E-state index in [0.717, 1.165) is 11.8 Å². The van der Waals surface area contributed by atoms with Gasteiger partial charge in [-0.25, -0.2) is 9.18 Å². The summed E-state index contributed by atoms with van der Waals surface area (Å²) in [5, 5.41) is 12.4. The minimum atomic E-state index is -0.578. The molecule has 0 aliphatic rings. The van der Waals surface area contributed by atoms with E-state index < -0.39 is 23.3 Å². The average Bonchev–Trinajstić information content (AvgIpc) is 2.92. The normalized spacial score (nSPS) is 11.2. The number of thioether (sulfide) groups is 1. The van der Waals surface area contributed by atoms with Crippen LogP contribution in [0.5, 0.6) is 0 Å². The minimum Gasteiger partial charge on any atom is -0.411 e. The second-order valence-electron chi connectivity index (χ2n) is 5.89. The highest BCUT2D eigenvalue weighted by molar-refractivity contribution is 7.99. The smallest absolute Gasteiger partial charge is 0.321 e. The number of carbonyl (C=O) groups is 2. The number of aromatic nitrogens is 2. The first-order valence-corrected chi connectivity index (χ1v) is 8.06. The number of hydrogen-bond acceptors (Lipinski definition) is 6. The molecule has 2 rings (SSSR count). The fraction of sp³-hybridized carbons (Fsp3) is 0.333. The molecule has 0 saturated heterocycles. The van der Waals surface area contributed by atoms with Gasteiger partial charge in [0.25, 0.3) is 11.1 Å². The molecule has 0 unspecified atom stereocenters. The molecule has 0 spiro atoms. The number of nitrogens with zero attached hydrogens (tertiary/aromatic N) is 2. The van der Waals surface area contributed by atoms with Crippen molar-refractivity contribution in [2.75, 3.05) is 5.75 Å². The highest BCUT2D eigenvalue weighted by Gasteiger charge is 2.17. The Morgan fingerprint density at radius 1 is 1.25 bits per heavy atom. The lowest BCUT2D eigenvalue weighted by Gasteiger charge is -2.20. The fourth-order valence-electron chi connectivity index (χ4n) is 1.67. The van der Waals surface area contributed by atoms with Gasteiger partial charge in [0.15, 0.2) is 0 Å². The highest BCUT2D eigenvalue weighted by atomic mass is 32.2. The number of imide groups is 1. The molecule has 1 heterocycles. The van der Waals surface area contributed by atoms with Crippen molar-refractivity contribution in [2.24, 2.45) is 0 Å². The molecule has 0 atom stereocenters. The lowest BCUT2D eigenvalue weighted by Crippen LogP contribution is -2.48. The maximum atomic E-state index is 13.6. The van der Waals surface area contributed by atoms with Gasteiger partial charge in [0.05, 0.1) is 11.3 Å². The van der Waals surface area contributed by atoms with Gasteiger partial charge in [-0.2, -0.15) is 0 Å². The van der Waals surface area contributed by atoms with Crippen molar-refractivity contribution in [1.82, 2.24) is 20.8 Å². The molecule has 1 aromatic carbocycles. The minimum absolute atomic E-state index is 0.0292. The summed E-state index contributed by atoms with van der Waals surface area (Å²) in [6.45, 7) is 5.40. The van der Waals surface area contributed by atoms with Crippen molar-refractivity contribution >= 4 is 23.7 Å². The molecule has 2 N–H and O–H groups in total. The molecule has 0 saturated carbocycles. The van der Waals surface area contributed by atoms with Crippen LogP contribution in [0.3, 0.4) is 0 Å². The topological polar surface area (TPSA) is 97.1 Å². The quantitative estimate of drug-likeness (QED) is 0.821. The van der Waals surface area contributed by atoms with Crippen LogP contribution in [-0.4, -0.2) is 33.4 Å². The van der Waals surface area contributed by atoms with Gasteiger partial charge in [0, 0.05) is 5.54 Å². The van der Waals surface area contributed by atoms with Crippen LogP contribution in [0.4, 0.5) is 9.18 Å². The molecular weight excluding hydrogens is 335 g/mol. The van der Waals surface area contributed by atoms with Gasteiger partial charge in [-0.1, -0.05) is 23.9 Å². The molecule has 0 fully saturated rings. The Bertz CT molecular complexity index is 742. The van der Waals surface area contributed by atoms with E-state index in [-0.39, 0.29) is 22.4 Å². The van der Waals surface area contributed by atoms with Crippen LogP contribution in [0, 0.1) is 5.82 Å². The van der Waals surface area contributed by atoms with E-state index >= 15 is 0 Å². The summed E-state index contributed by atoms with van der Waals surface area (Å²) in [6, 6.07) is 5.42. The molecule has 128 valence electrons. The first-order chi connectivity index (χ1) is 11.2. The van der Waals surface area contributed by atoms with E-state index in [1.807, 2.05) is 0 Å². The third-order valence-electron chi connectivity index (χ3n) is 2.58. The van der Waals surface area contributed by atoms with Gasteiger partial charge in [0.2, 0.25) is 5.91 Å². The molecule has 3 amide bonds. The average molecular weight is 352 g/mol. The first-order valence-electron chi connectivity index (χ1n) is 7.08. The van der Waals surface area contributed by atoms with Gasteiger partial charge in [0.1, 0.15) is 5.82 Å². The summed E-state index contributed by atoms with van der Waals surface area (Å²) in [7, 11) is 0. The molecule has 7 nitrogen and oxygen atoms in total. The summed E-state index contributed by atoms with van der Waals surface area (Å²) in [5.41, 5.74) is -0.260. The molecule has 0 aliphatic carbocycles. The Balaban J connectivity index is 1.88. The zero-order valence-corrected chi connectivity index (χ0v) is 14.2. The number of amides is 3. The second-order valence-corrected chi connectivity index (χ2v) is 6.82. The largest absolute Gasteiger partial charge is 0.411 e. The summed E-state index contributed by atoms with van der Waals surface area (Å²) < 4.78 is 18.9. The zero-order chi connectivity index (χ0) is 17.7. The van der Waals surface area contributed by atoms with Gasteiger partial charge in [-0.15, -0.1) is 10.2 Å². The van der Waals surface area contributed by atoms with Crippen LogP contribution < -0.4 is 10.6 Å². The monoisotopic (exact) mass is 352 g/mol. The van der Waals surface area contributed by atoms with Gasteiger partial charge in [-0.05, 0) is 32.9 Å². The molecular formula is C15H17FN4O3S.